The van der Waals surface area contributed by atoms with Crippen LogP contribution in [-0.2, 0) is 17.3 Å². The van der Waals surface area contributed by atoms with Crippen molar-refractivity contribution in [2.45, 2.75) is 13.0 Å². The van der Waals surface area contributed by atoms with E-state index < -0.39 is 10.8 Å². The predicted octanol–water partition coefficient (Wildman–Crippen LogP) is 2.45. The van der Waals surface area contributed by atoms with E-state index in [-0.39, 0.29) is 5.82 Å². The van der Waals surface area contributed by atoms with Crippen LogP contribution in [0, 0.1) is 5.82 Å². The van der Waals surface area contributed by atoms with E-state index in [0.29, 0.717) is 12.3 Å². The lowest BCUT2D eigenvalue weighted by Crippen LogP contribution is -2.17. The van der Waals surface area contributed by atoms with Crippen LogP contribution in [-0.4, -0.2) is 22.8 Å². The lowest BCUT2D eigenvalue weighted by Gasteiger charge is -2.06. The minimum absolute atomic E-state index is 0.227. The van der Waals surface area contributed by atoms with E-state index >= 15 is 0 Å². The van der Waals surface area contributed by atoms with Crippen LogP contribution in [0.2, 0.25) is 0 Å². The van der Waals surface area contributed by atoms with Crippen molar-refractivity contribution in [2.24, 2.45) is 0 Å². The quantitative estimate of drug-likeness (QED) is 0.818. The Morgan fingerprint density at radius 2 is 2.25 bits per heavy atom. The van der Waals surface area contributed by atoms with E-state index in [0.717, 1.165) is 23.0 Å². The highest BCUT2D eigenvalue weighted by molar-refractivity contribution is 9.10. The molecule has 1 rings (SSSR count). The third-order valence-corrected chi connectivity index (χ3v) is 3.75. The maximum absolute atomic E-state index is 12.9. The van der Waals surface area contributed by atoms with E-state index in [1.807, 2.05) is 0 Å². The Balaban J connectivity index is 2.31. The molecule has 0 aliphatic heterocycles. The van der Waals surface area contributed by atoms with Gasteiger partial charge in [0.25, 0.3) is 0 Å². The Bertz CT molecular complexity index is 373. The number of benzene rings is 1. The molecule has 0 aromatic heterocycles. The van der Waals surface area contributed by atoms with Crippen molar-refractivity contribution in [1.82, 2.24) is 5.32 Å². The van der Waals surface area contributed by atoms with Crippen LogP contribution < -0.4 is 5.32 Å². The summed E-state index contributed by atoms with van der Waals surface area (Å²) in [6.07, 6.45) is 2.57. The molecule has 0 bridgehead atoms. The SMILES string of the molecule is CS(=O)CCCNCc1cc(F)ccc1Br. The smallest absolute Gasteiger partial charge is 0.123 e. The molecule has 16 heavy (non-hydrogen) atoms. The topological polar surface area (TPSA) is 29.1 Å². The molecule has 1 N–H and O–H groups in total. The zero-order valence-corrected chi connectivity index (χ0v) is 11.5. The van der Waals surface area contributed by atoms with Gasteiger partial charge in [-0.05, 0) is 36.7 Å². The fourth-order valence-electron chi connectivity index (χ4n) is 1.30. The molecular weight excluding hydrogens is 293 g/mol. The second kappa shape index (κ2) is 7.14. The molecule has 0 heterocycles. The maximum atomic E-state index is 12.9. The molecular formula is C11H15BrFNOS. The molecule has 0 fully saturated rings. The van der Waals surface area contributed by atoms with Gasteiger partial charge in [-0.2, -0.15) is 0 Å². The Morgan fingerprint density at radius 3 is 2.94 bits per heavy atom. The highest BCUT2D eigenvalue weighted by Crippen LogP contribution is 2.17. The average Bonchev–Trinajstić information content (AvgIpc) is 2.22. The minimum atomic E-state index is -0.731. The molecule has 90 valence electrons. The van der Waals surface area contributed by atoms with Gasteiger partial charge in [-0.25, -0.2) is 4.39 Å². The Hall–Kier alpha value is -0.260. The monoisotopic (exact) mass is 307 g/mol. The third-order valence-electron chi connectivity index (χ3n) is 2.11. The van der Waals surface area contributed by atoms with Crippen LogP contribution in [0.5, 0.6) is 0 Å². The molecule has 1 aromatic carbocycles. The van der Waals surface area contributed by atoms with Crippen molar-refractivity contribution >= 4 is 26.7 Å². The second-order valence-electron chi connectivity index (χ2n) is 3.54. The van der Waals surface area contributed by atoms with Gasteiger partial charge in [-0.15, -0.1) is 0 Å². The molecule has 0 saturated heterocycles. The fraction of sp³-hybridized carbons (Fsp3) is 0.455. The summed E-state index contributed by atoms with van der Waals surface area (Å²) in [7, 11) is -0.731. The first-order chi connectivity index (χ1) is 7.59. The molecule has 0 aliphatic carbocycles. The van der Waals surface area contributed by atoms with Crippen LogP contribution >= 0.6 is 15.9 Å². The molecule has 0 radical (unpaired) electrons. The number of hydrogen-bond acceptors (Lipinski definition) is 2. The van der Waals surface area contributed by atoms with E-state index in [2.05, 4.69) is 21.2 Å². The fourth-order valence-corrected chi connectivity index (χ4v) is 2.24. The summed E-state index contributed by atoms with van der Waals surface area (Å²) in [6, 6.07) is 4.64. The van der Waals surface area contributed by atoms with Gasteiger partial charge in [-0.1, -0.05) is 15.9 Å². The Kier molecular flexibility index (Phi) is 6.16. The van der Waals surface area contributed by atoms with Crippen molar-refractivity contribution < 1.29 is 8.60 Å². The summed E-state index contributed by atoms with van der Waals surface area (Å²) in [5.74, 6) is 0.479. The first-order valence-electron chi connectivity index (χ1n) is 5.04. The molecule has 0 spiro atoms. The predicted molar refractivity (Wildman–Crippen MR) is 69.4 cm³/mol. The molecule has 0 saturated carbocycles. The highest BCUT2D eigenvalue weighted by atomic mass is 79.9. The van der Waals surface area contributed by atoms with Gasteiger partial charge in [0.15, 0.2) is 0 Å². The molecule has 5 heteroatoms. The van der Waals surface area contributed by atoms with Gasteiger partial charge in [-0.3, -0.25) is 4.21 Å². The molecule has 2 nitrogen and oxygen atoms in total. The van der Waals surface area contributed by atoms with Gasteiger partial charge in [0, 0.05) is 33.8 Å². The normalized spacial score (nSPS) is 12.7. The van der Waals surface area contributed by atoms with Crippen LogP contribution in [0.1, 0.15) is 12.0 Å². The Morgan fingerprint density at radius 1 is 1.50 bits per heavy atom. The lowest BCUT2D eigenvalue weighted by molar-refractivity contribution is 0.618. The number of hydrogen-bond donors (Lipinski definition) is 1. The minimum Gasteiger partial charge on any atom is -0.313 e. The second-order valence-corrected chi connectivity index (χ2v) is 5.95. The summed E-state index contributed by atoms with van der Waals surface area (Å²) in [5, 5.41) is 3.19. The largest absolute Gasteiger partial charge is 0.313 e. The average molecular weight is 308 g/mol. The summed E-state index contributed by atoms with van der Waals surface area (Å²) in [4.78, 5) is 0. The van der Waals surface area contributed by atoms with Gasteiger partial charge < -0.3 is 5.32 Å². The van der Waals surface area contributed by atoms with Gasteiger partial charge >= 0.3 is 0 Å². The van der Waals surface area contributed by atoms with Crippen LogP contribution in [0.3, 0.4) is 0 Å². The van der Waals surface area contributed by atoms with Crippen LogP contribution in [0.4, 0.5) is 4.39 Å². The number of rotatable bonds is 6. The Labute approximate surface area is 106 Å². The summed E-state index contributed by atoms with van der Waals surface area (Å²) < 4.78 is 24.6. The van der Waals surface area contributed by atoms with Gasteiger partial charge in [0.2, 0.25) is 0 Å². The van der Waals surface area contributed by atoms with E-state index in [1.165, 1.54) is 12.1 Å². The van der Waals surface area contributed by atoms with E-state index in [1.54, 1.807) is 12.3 Å². The summed E-state index contributed by atoms with van der Waals surface area (Å²) in [6.45, 7) is 1.41. The van der Waals surface area contributed by atoms with Crippen molar-refractivity contribution in [3.63, 3.8) is 0 Å². The highest BCUT2D eigenvalue weighted by Gasteiger charge is 2.01. The van der Waals surface area contributed by atoms with E-state index in [4.69, 9.17) is 0 Å². The van der Waals surface area contributed by atoms with E-state index in [9.17, 15) is 8.60 Å². The number of nitrogens with one attached hydrogen (secondary N) is 1. The van der Waals surface area contributed by atoms with Gasteiger partial charge in [0.1, 0.15) is 5.82 Å². The van der Waals surface area contributed by atoms with Crippen molar-refractivity contribution in [2.75, 3.05) is 18.6 Å². The van der Waals surface area contributed by atoms with Gasteiger partial charge in [0.05, 0.1) is 0 Å². The molecule has 0 aliphatic rings. The first kappa shape index (κ1) is 13.8. The third kappa shape index (κ3) is 5.18. The maximum Gasteiger partial charge on any atom is 0.123 e. The lowest BCUT2D eigenvalue weighted by atomic mass is 10.2. The summed E-state index contributed by atoms with van der Waals surface area (Å²) >= 11 is 3.37. The summed E-state index contributed by atoms with van der Waals surface area (Å²) in [5.41, 5.74) is 0.901. The zero-order chi connectivity index (χ0) is 12.0. The first-order valence-corrected chi connectivity index (χ1v) is 7.56. The van der Waals surface area contributed by atoms with Crippen molar-refractivity contribution in [1.29, 1.82) is 0 Å². The van der Waals surface area contributed by atoms with Crippen LogP contribution in [0.25, 0.3) is 0 Å². The molecule has 0 amide bonds. The standard InChI is InChI=1S/C11H15BrFNOS/c1-16(15)6-2-5-14-8-9-7-10(13)3-4-11(9)12/h3-4,7,14H,2,5-6,8H2,1H3. The molecule has 1 aromatic rings. The molecule has 1 atom stereocenters. The van der Waals surface area contributed by atoms with Crippen molar-refractivity contribution in [3.8, 4) is 0 Å². The number of halogens is 2. The molecule has 1 unspecified atom stereocenters. The van der Waals surface area contributed by atoms with Crippen LogP contribution in [0.15, 0.2) is 22.7 Å². The van der Waals surface area contributed by atoms with Crippen molar-refractivity contribution in [3.05, 3.63) is 34.1 Å². The zero-order valence-electron chi connectivity index (χ0n) is 9.13.